The summed E-state index contributed by atoms with van der Waals surface area (Å²) < 4.78 is 29.2. The normalized spacial score (nSPS) is 14.5. The molecule has 2 amide bonds. The molecule has 6 nitrogen and oxygen atoms in total. The number of hydrogen-bond donors (Lipinski definition) is 0. The highest BCUT2D eigenvalue weighted by Gasteiger charge is 2.25. The Kier molecular flexibility index (Phi) is 5.56. The zero-order valence-corrected chi connectivity index (χ0v) is 16.2. The van der Waals surface area contributed by atoms with Crippen molar-refractivity contribution in [3.63, 3.8) is 0 Å². The summed E-state index contributed by atoms with van der Waals surface area (Å²) in [6.45, 7) is 1.53. The van der Waals surface area contributed by atoms with E-state index in [1.54, 1.807) is 34.1 Å². The molecule has 0 atom stereocenters. The van der Waals surface area contributed by atoms with Gasteiger partial charge in [0.05, 0.1) is 17.3 Å². The van der Waals surface area contributed by atoms with Gasteiger partial charge in [-0.2, -0.15) is 5.10 Å². The molecule has 1 aliphatic heterocycles. The molecule has 0 saturated carbocycles. The Morgan fingerprint density at radius 2 is 1.43 bits per heavy atom. The van der Waals surface area contributed by atoms with Gasteiger partial charge in [-0.3, -0.25) is 9.59 Å². The quantitative estimate of drug-likeness (QED) is 0.667. The Labute approximate surface area is 172 Å². The number of carbonyl (C=O) groups excluding carboxylic acids is 2. The van der Waals surface area contributed by atoms with Crippen LogP contribution in [0.3, 0.4) is 0 Å². The zero-order valence-electron chi connectivity index (χ0n) is 16.2. The monoisotopic (exact) mass is 410 g/mol. The Morgan fingerprint density at radius 1 is 0.800 bits per heavy atom. The molecule has 0 radical (unpaired) electrons. The molecule has 1 saturated heterocycles. The Bertz CT molecular complexity index is 1080. The van der Waals surface area contributed by atoms with Crippen molar-refractivity contribution in [1.29, 1.82) is 0 Å². The largest absolute Gasteiger partial charge is 0.337 e. The van der Waals surface area contributed by atoms with Crippen LogP contribution in [0.1, 0.15) is 27.1 Å². The number of halogens is 2. The van der Waals surface area contributed by atoms with E-state index in [2.05, 4.69) is 5.10 Å². The summed E-state index contributed by atoms with van der Waals surface area (Å²) in [5, 5.41) is 4.10. The van der Waals surface area contributed by atoms with Crippen LogP contribution in [-0.2, 0) is 0 Å². The number of amides is 2. The van der Waals surface area contributed by atoms with E-state index in [4.69, 9.17) is 0 Å². The predicted octanol–water partition coefficient (Wildman–Crippen LogP) is 3.14. The van der Waals surface area contributed by atoms with E-state index in [9.17, 15) is 18.4 Å². The van der Waals surface area contributed by atoms with Gasteiger partial charge in [-0.05, 0) is 30.7 Å². The fraction of sp³-hybridized carbons (Fsp3) is 0.227. The summed E-state index contributed by atoms with van der Waals surface area (Å²) in [5.74, 6) is -1.61. The molecule has 0 N–H and O–H groups in total. The van der Waals surface area contributed by atoms with Crippen LogP contribution in [0.25, 0.3) is 5.69 Å². The van der Waals surface area contributed by atoms with Crippen molar-refractivity contribution in [2.24, 2.45) is 0 Å². The Morgan fingerprint density at radius 3 is 2.13 bits per heavy atom. The minimum Gasteiger partial charge on any atom is -0.337 e. The van der Waals surface area contributed by atoms with Crippen molar-refractivity contribution in [2.45, 2.75) is 6.42 Å². The van der Waals surface area contributed by atoms with E-state index in [0.717, 1.165) is 0 Å². The van der Waals surface area contributed by atoms with Gasteiger partial charge in [0.15, 0.2) is 0 Å². The lowest BCUT2D eigenvalue weighted by molar-refractivity contribution is 0.0716. The predicted molar refractivity (Wildman–Crippen MR) is 106 cm³/mol. The van der Waals surface area contributed by atoms with Crippen LogP contribution in [0.4, 0.5) is 8.78 Å². The molecule has 2 aromatic carbocycles. The fourth-order valence-electron chi connectivity index (χ4n) is 3.51. The highest BCUT2D eigenvalue weighted by Crippen LogP contribution is 2.16. The first-order valence-corrected chi connectivity index (χ1v) is 9.67. The summed E-state index contributed by atoms with van der Waals surface area (Å²) >= 11 is 0. The van der Waals surface area contributed by atoms with Crippen LogP contribution in [0.2, 0.25) is 0 Å². The summed E-state index contributed by atoms with van der Waals surface area (Å²) in [5.41, 5.74) is 0.629. The van der Waals surface area contributed by atoms with E-state index >= 15 is 0 Å². The van der Waals surface area contributed by atoms with Crippen molar-refractivity contribution in [3.8, 4) is 5.69 Å². The third kappa shape index (κ3) is 3.94. The molecule has 0 spiro atoms. The first kappa shape index (κ1) is 19.8. The number of aromatic nitrogens is 2. The van der Waals surface area contributed by atoms with Crippen LogP contribution in [0.15, 0.2) is 60.9 Å². The van der Waals surface area contributed by atoms with Gasteiger partial charge in [0.1, 0.15) is 17.3 Å². The maximum Gasteiger partial charge on any atom is 0.257 e. The van der Waals surface area contributed by atoms with Crippen LogP contribution in [-0.4, -0.2) is 57.6 Å². The fourth-order valence-corrected chi connectivity index (χ4v) is 3.51. The number of nitrogens with zero attached hydrogens (tertiary/aromatic N) is 4. The summed E-state index contributed by atoms with van der Waals surface area (Å²) in [4.78, 5) is 28.7. The maximum atomic E-state index is 14.0. The van der Waals surface area contributed by atoms with Crippen LogP contribution < -0.4 is 0 Å². The molecule has 2 heterocycles. The van der Waals surface area contributed by atoms with E-state index in [1.807, 2.05) is 0 Å². The van der Waals surface area contributed by atoms with Gasteiger partial charge in [0.25, 0.3) is 11.8 Å². The maximum absolute atomic E-state index is 14.0. The summed E-state index contributed by atoms with van der Waals surface area (Å²) in [7, 11) is 0. The SMILES string of the molecule is O=C(c1cnn(-c2ccccc2F)c1)N1CCCN(C(=O)c2ccccc2F)CC1. The summed E-state index contributed by atoms with van der Waals surface area (Å²) in [6.07, 6.45) is 3.48. The Balaban J connectivity index is 1.45. The molecule has 1 aliphatic rings. The average molecular weight is 410 g/mol. The standard InChI is InChI=1S/C22H20F2N4O2/c23-18-7-2-1-6-17(18)22(30)27-11-5-10-26(12-13-27)21(29)16-14-25-28(15-16)20-9-4-3-8-19(20)24/h1-4,6-9,14-15H,5,10-13H2. The van der Waals surface area contributed by atoms with Crippen LogP contribution in [0.5, 0.6) is 0 Å². The minimum atomic E-state index is -0.555. The number of para-hydroxylation sites is 1. The molecule has 0 unspecified atom stereocenters. The van der Waals surface area contributed by atoms with Crippen molar-refractivity contribution in [1.82, 2.24) is 19.6 Å². The molecule has 0 bridgehead atoms. The lowest BCUT2D eigenvalue weighted by atomic mass is 10.2. The average Bonchev–Trinajstić information content (AvgIpc) is 3.11. The van der Waals surface area contributed by atoms with E-state index in [1.165, 1.54) is 41.3 Å². The first-order valence-electron chi connectivity index (χ1n) is 9.67. The van der Waals surface area contributed by atoms with Crippen molar-refractivity contribution in [3.05, 3.63) is 83.7 Å². The molecule has 1 fully saturated rings. The van der Waals surface area contributed by atoms with Crippen molar-refractivity contribution < 1.29 is 18.4 Å². The highest BCUT2D eigenvalue weighted by atomic mass is 19.1. The van der Waals surface area contributed by atoms with E-state index in [-0.39, 0.29) is 23.1 Å². The van der Waals surface area contributed by atoms with E-state index in [0.29, 0.717) is 38.2 Å². The topological polar surface area (TPSA) is 58.4 Å². The first-order chi connectivity index (χ1) is 14.5. The smallest absolute Gasteiger partial charge is 0.257 e. The minimum absolute atomic E-state index is 0.0310. The lowest BCUT2D eigenvalue weighted by Gasteiger charge is -2.22. The van der Waals surface area contributed by atoms with E-state index < -0.39 is 11.6 Å². The van der Waals surface area contributed by atoms with Crippen LogP contribution in [0, 0.1) is 11.6 Å². The lowest BCUT2D eigenvalue weighted by Crippen LogP contribution is -2.37. The molecule has 8 heteroatoms. The summed E-state index contributed by atoms with van der Waals surface area (Å²) in [6, 6.07) is 12.1. The molecule has 1 aromatic heterocycles. The van der Waals surface area contributed by atoms with Crippen molar-refractivity contribution in [2.75, 3.05) is 26.2 Å². The molecule has 3 aromatic rings. The number of rotatable bonds is 3. The third-order valence-electron chi connectivity index (χ3n) is 5.10. The van der Waals surface area contributed by atoms with Crippen LogP contribution >= 0.6 is 0 Å². The second kappa shape index (κ2) is 8.44. The molecular formula is C22H20F2N4O2. The van der Waals surface area contributed by atoms with Gasteiger partial charge in [-0.25, -0.2) is 13.5 Å². The van der Waals surface area contributed by atoms with Gasteiger partial charge < -0.3 is 9.80 Å². The number of carbonyl (C=O) groups is 2. The molecular weight excluding hydrogens is 390 g/mol. The molecule has 4 rings (SSSR count). The molecule has 154 valence electrons. The van der Waals surface area contributed by atoms with Gasteiger partial charge in [-0.1, -0.05) is 24.3 Å². The second-order valence-corrected chi connectivity index (χ2v) is 7.04. The number of hydrogen-bond acceptors (Lipinski definition) is 3. The Hall–Kier alpha value is -3.55. The third-order valence-corrected chi connectivity index (χ3v) is 5.10. The van der Waals surface area contributed by atoms with Gasteiger partial charge >= 0.3 is 0 Å². The van der Waals surface area contributed by atoms with Gasteiger partial charge in [0, 0.05) is 32.4 Å². The highest BCUT2D eigenvalue weighted by molar-refractivity contribution is 5.95. The van der Waals surface area contributed by atoms with Gasteiger partial charge in [-0.15, -0.1) is 0 Å². The molecule has 0 aliphatic carbocycles. The number of benzene rings is 2. The van der Waals surface area contributed by atoms with Crippen molar-refractivity contribution >= 4 is 11.8 Å². The zero-order chi connectivity index (χ0) is 21.1. The molecule has 30 heavy (non-hydrogen) atoms. The van der Waals surface area contributed by atoms with Gasteiger partial charge in [0.2, 0.25) is 0 Å². The second-order valence-electron chi connectivity index (χ2n) is 7.04.